The number of rotatable bonds is 5. The van der Waals surface area contributed by atoms with Gasteiger partial charge < -0.3 is 19.2 Å². The molecule has 0 bridgehead atoms. The lowest BCUT2D eigenvalue weighted by molar-refractivity contribution is 0.361. The van der Waals surface area contributed by atoms with E-state index in [1.807, 2.05) is 17.9 Å². The number of aromatic nitrogens is 6. The van der Waals surface area contributed by atoms with E-state index in [0.29, 0.717) is 5.92 Å². The summed E-state index contributed by atoms with van der Waals surface area (Å²) in [4.78, 5) is 16.8. The fourth-order valence-corrected chi connectivity index (χ4v) is 5.59. The van der Waals surface area contributed by atoms with Crippen LogP contribution in [-0.2, 0) is 13.5 Å². The van der Waals surface area contributed by atoms with Gasteiger partial charge >= 0.3 is 0 Å². The van der Waals surface area contributed by atoms with Gasteiger partial charge in [-0.25, -0.2) is 4.98 Å². The third-order valence-corrected chi connectivity index (χ3v) is 8.11. The lowest BCUT2D eigenvalue weighted by Crippen LogP contribution is -2.36. The molecule has 9 nitrogen and oxygen atoms in total. The smallest absolute Gasteiger partial charge is 0.229 e. The first-order valence-corrected chi connectivity index (χ1v) is 12.6. The molecule has 2 fully saturated rings. The lowest BCUT2D eigenvalue weighted by atomic mass is 9.80. The van der Waals surface area contributed by atoms with E-state index in [9.17, 15) is 0 Å². The van der Waals surface area contributed by atoms with Crippen LogP contribution in [-0.4, -0.2) is 48.3 Å². The topological polar surface area (TPSA) is 97.8 Å². The van der Waals surface area contributed by atoms with E-state index in [0.717, 1.165) is 67.6 Å². The predicted molar refractivity (Wildman–Crippen MR) is 135 cm³/mol. The van der Waals surface area contributed by atoms with Gasteiger partial charge in [0, 0.05) is 32.0 Å². The van der Waals surface area contributed by atoms with Crippen molar-refractivity contribution in [1.29, 1.82) is 0 Å². The molecular formula is C26H34N8O. The second-order valence-electron chi connectivity index (χ2n) is 11.7. The molecule has 1 saturated carbocycles. The third kappa shape index (κ3) is 3.81. The summed E-state index contributed by atoms with van der Waals surface area (Å²) in [5, 5.41) is 11.7. The summed E-state index contributed by atoms with van der Waals surface area (Å²) in [6.45, 7) is 10.9. The largest absolute Gasteiger partial charge is 0.428 e. The molecular weight excluding hydrogens is 440 g/mol. The van der Waals surface area contributed by atoms with Crippen LogP contribution < -0.4 is 10.2 Å². The van der Waals surface area contributed by atoms with Crippen LogP contribution >= 0.6 is 0 Å². The Bertz CT molecular complexity index is 1310. The molecule has 0 radical (unpaired) electrons. The van der Waals surface area contributed by atoms with Crippen LogP contribution in [0.25, 0.3) is 11.2 Å². The zero-order chi connectivity index (χ0) is 24.4. The van der Waals surface area contributed by atoms with Crippen molar-refractivity contribution in [3.05, 3.63) is 42.4 Å². The monoisotopic (exact) mass is 474 g/mol. The molecule has 1 aliphatic heterocycles. The highest BCUT2D eigenvalue weighted by atomic mass is 16.4. The van der Waals surface area contributed by atoms with Crippen molar-refractivity contribution in [2.45, 2.75) is 58.9 Å². The highest BCUT2D eigenvalue weighted by Gasteiger charge is 2.63. The Labute approximate surface area is 205 Å². The number of fused-ring (bicyclic) bond motifs is 2. The van der Waals surface area contributed by atoms with Crippen molar-refractivity contribution in [1.82, 2.24) is 29.7 Å². The van der Waals surface area contributed by atoms with Crippen molar-refractivity contribution < 1.29 is 4.42 Å². The number of nitrogens with zero attached hydrogens (tertiary/aromatic N) is 7. The summed E-state index contributed by atoms with van der Waals surface area (Å²) >= 11 is 0. The summed E-state index contributed by atoms with van der Waals surface area (Å²) in [7, 11) is 2.01. The van der Waals surface area contributed by atoms with E-state index >= 15 is 0 Å². The zero-order valence-electron chi connectivity index (χ0n) is 21.2. The molecule has 0 amide bonds. The highest BCUT2D eigenvalue weighted by molar-refractivity contribution is 5.85. The SMILES string of the molecule is Cn1cnc2nc(N3CCC(Cc4nnco4)CC3)nc(NC34C=C(C(C)(C)C)C=CC3(C)C4)c21. The molecule has 9 heteroatoms. The summed E-state index contributed by atoms with van der Waals surface area (Å²) in [6, 6.07) is 0. The van der Waals surface area contributed by atoms with Gasteiger partial charge in [-0.15, -0.1) is 10.2 Å². The number of hydrogen-bond acceptors (Lipinski definition) is 8. The van der Waals surface area contributed by atoms with Crippen LogP contribution in [0.15, 0.2) is 40.9 Å². The number of anilines is 2. The molecule has 1 N–H and O–H groups in total. The first-order valence-electron chi connectivity index (χ1n) is 12.6. The number of allylic oxidation sites excluding steroid dienone is 2. The second kappa shape index (κ2) is 7.63. The summed E-state index contributed by atoms with van der Waals surface area (Å²) < 4.78 is 7.36. The molecule has 2 aliphatic carbocycles. The fraction of sp³-hybridized carbons (Fsp3) is 0.577. The zero-order valence-corrected chi connectivity index (χ0v) is 21.2. The maximum atomic E-state index is 5.35. The Balaban J connectivity index is 1.28. The minimum atomic E-state index is -0.135. The van der Waals surface area contributed by atoms with Gasteiger partial charge in [-0.1, -0.05) is 45.9 Å². The minimum absolute atomic E-state index is 0.0882. The first kappa shape index (κ1) is 22.2. The predicted octanol–water partition coefficient (Wildman–Crippen LogP) is 4.31. The van der Waals surface area contributed by atoms with Gasteiger partial charge in [0.2, 0.25) is 18.2 Å². The number of imidazole rings is 1. The molecule has 1 saturated heterocycles. The van der Waals surface area contributed by atoms with E-state index < -0.39 is 0 Å². The van der Waals surface area contributed by atoms with Gasteiger partial charge in [0.15, 0.2) is 11.5 Å². The van der Waals surface area contributed by atoms with Crippen molar-refractivity contribution >= 4 is 22.9 Å². The maximum Gasteiger partial charge on any atom is 0.229 e. The molecule has 3 aliphatic rings. The van der Waals surface area contributed by atoms with Crippen LogP contribution in [0.2, 0.25) is 0 Å². The number of hydrogen-bond donors (Lipinski definition) is 1. The highest BCUT2D eigenvalue weighted by Crippen LogP contribution is 2.63. The van der Waals surface area contributed by atoms with Crippen LogP contribution in [0.1, 0.15) is 52.8 Å². The van der Waals surface area contributed by atoms with E-state index in [2.05, 4.69) is 71.3 Å². The van der Waals surface area contributed by atoms with E-state index in [-0.39, 0.29) is 16.4 Å². The van der Waals surface area contributed by atoms with E-state index in [1.54, 1.807) is 0 Å². The second-order valence-corrected chi connectivity index (χ2v) is 11.7. The van der Waals surface area contributed by atoms with Gasteiger partial charge in [0.1, 0.15) is 5.52 Å². The normalized spacial score (nSPS) is 26.7. The molecule has 35 heavy (non-hydrogen) atoms. The van der Waals surface area contributed by atoms with Crippen LogP contribution in [0.3, 0.4) is 0 Å². The Kier molecular flexibility index (Phi) is 4.85. The van der Waals surface area contributed by atoms with Crippen molar-refractivity contribution in [2.24, 2.45) is 23.8 Å². The summed E-state index contributed by atoms with van der Waals surface area (Å²) in [5.74, 6) is 2.86. The van der Waals surface area contributed by atoms with Gasteiger partial charge in [0.05, 0.1) is 11.9 Å². The average molecular weight is 475 g/mol. The molecule has 184 valence electrons. The summed E-state index contributed by atoms with van der Waals surface area (Å²) in [5.41, 5.74) is 3.09. The Morgan fingerprint density at radius 1 is 1.20 bits per heavy atom. The standard InChI is InChI=1S/C26H34N8O/c1-24(2,3)18-6-9-25(4)14-26(25,13-18)31-22-20-21(27-15-33(20)5)29-23(30-22)34-10-7-17(8-11-34)12-19-32-28-16-35-19/h6,9,13,15-17H,7-8,10-12,14H2,1-5H3,(H,29,30,31). The molecule has 3 aromatic rings. The Morgan fingerprint density at radius 3 is 2.71 bits per heavy atom. The molecule has 2 unspecified atom stereocenters. The number of aryl methyl sites for hydroxylation is 1. The van der Waals surface area contributed by atoms with Crippen LogP contribution in [0, 0.1) is 16.7 Å². The fourth-order valence-electron chi connectivity index (χ4n) is 5.59. The molecule has 4 heterocycles. The van der Waals surface area contributed by atoms with Gasteiger partial charge in [-0.3, -0.25) is 0 Å². The summed E-state index contributed by atoms with van der Waals surface area (Å²) in [6.07, 6.45) is 14.3. The van der Waals surface area contributed by atoms with Crippen molar-refractivity contribution in [3.8, 4) is 0 Å². The van der Waals surface area contributed by atoms with Gasteiger partial charge in [0.25, 0.3) is 0 Å². The molecule has 6 rings (SSSR count). The number of piperidine rings is 1. The molecule has 3 aromatic heterocycles. The Hall–Kier alpha value is -3.23. The van der Waals surface area contributed by atoms with E-state index in [4.69, 9.17) is 14.4 Å². The first-order chi connectivity index (χ1) is 16.7. The minimum Gasteiger partial charge on any atom is -0.428 e. The van der Waals surface area contributed by atoms with Gasteiger partial charge in [-0.05, 0) is 36.2 Å². The van der Waals surface area contributed by atoms with Crippen molar-refractivity contribution in [3.63, 3.8) is 0 Å². The number of nitrogens with one attached hydrogen (secondary N) is 1. The van der Waals surface area contributed by atoms with Gasteiger partial charge in [-0.2, -0.15) is 9.97 Å². The molecule has 0 aromatic carbocycles. The molecule has 0 spiro atoms. The lowest BCUT2D eigenvalue weighted by Gasteiger charge is -2.32. The average Bonchev–Trinajstić information content (AvgIpc) is 3.12. The third-order valence-electron chi connectivity index (χ3n) is 8.11. The molecule has 2 atom stereocenters. The van der Waals surface area contributed by atoms with Crippen LogP contribution in [0.5, 0.6) is 0 Å². The Morgan fingerprint density at radius 2 is 2.00 bits per heavy atom. The van der Waals surface area contributed by atoms with E-state index in [1.165, 1.54) is 12.0 Å². The van der Waals surface area contributed by atoms with Crippen molar-refractivity contribution in [2.75, 3.05) is 23.3 Å². The van der Waals surface area contributed by atoms with Crippen LogP contribution in [0.4, 0.5) is 11.8 Å². The maximum absolute atomic E-state index is 5.35. The quantitative estimate of drug-likeness (QED) is 0.584.